The number of rotatable bonds is 1. The van der Waals surface area contributed by atoms with E-state index >= 15 is 0 Å². The Morgan fingerprint density at radius 3 is 2.79 bits per heavy atom. The number of carbonyl (C=O) groups excluding carboxylic acids is 1. The smallest absolute Gasteiger partial charge is 0.318 e. The van der Waals surface area contributed by atoms with Crippen molar-refractivity contribution in [2.24, 2.45) is 0 Å². The van der Waals surface area contributed by atoms with E-state index in [2.05, 4.69) is 30.5 Å². The minimum Gasteiger partial charge on any atom is -0.366 e. The summed E-state index contributed by atoms with van der Waals surface area (Å²) in [5.74, 6) is 0. The van der Waals surface area contributed by atoms with E-state index < -0.39 is 0 Å². The molecule has 2 amide bonds. The Morgan fingerprint density at radius 1 is 1.42 bits per heavy atom. The van der Waals surface area contributed by atoms with E-state index in [-0.39, 0.29) is 11.6 Å². The highest BCUT2D eigenvalue weighted by Gasteiger charge is 2.54. The van der Waals surface area contributed by atoms with Crippen LogP contribution in [0.3, 0.4) is 0 Å². The van der Waals surface area contributed by atoms with E-state index in [0.29, 0.717) is 6.10 Å². The van der Waals surface area contributed by atoms with Gasteiger partial charge in [0.1, 0.15) is 0 Å². The maximum Gasteiger partial charge on any atom is 0.318 e. The van der Waals surface area contributed by atoms with Crippen LogP contribution >= 0.6 is 0 Å². The second-order valence-electron chi connectivity index (χ2n) is 5.59. The molecule has 0 radical (unpaired) electrons. The van der Waals surface area contributed by atoms with Gasteiger partial charge in [0.25, 0.3) is 0 Å². The molecule has 102 valence electrons. The number of nitrogens with one attached hydrogen (secondary N) is 2. The van der Waals surface area contributed by atoms with Crippen LogP contribution in [0.4, 0.5) is 10.5 Å². The molecule has 2 N–H and O–H groups in total. The number of urea groups is 1. The minimum absolute atomic E-state index is 0.0277. The Kier molecular flexibility index (Phi) is 2.78. The van der Waals surface area contributed by atoms with Gasteiger partial charge in [-0.1, -0.05) is 6.07 Å². The highest BCUT2D eigenvalue weighted by molar-refractivity contribution is 5.90. The van der Waals surface area contributed by atoms with Crippen LogP contribution in [0.5, 0.6) is 0 Å². The van der Waals surface area contributed by atoms with E-state index in [1.54, 1.807) is 7.05 Å². The van der Waals surface area contributed by atoms with Crippen molar-refractivity contribution in [2.75, 3.05) is 12.4 Å². The molecule has 1 saturated heterocycles. The first-order valence-corrected chi connectivity index (χ1v) is 6.83. The lowest BCUT2D eigenvalue weighted by Crippen LogP contribution is -2.29. The van der Waals surface area contributed by atoms with Crippen LogP contribution in [0, 0.1) is 6.92 Å². The lowest BCUT2D eigenvalue weighted by Gasteiger charge is -2.26. The molecule has 1 aromatic carbocycles. The van der Waals surface area contributed by atoms with Gasteiger partial charge in [0, 0.05) is 19.2 Å². The molecule has 19 heavy (non-hydrogen) atoms. The van der Waals surface area contributed by atoms with E-state index in [9.17, 15) is 4.79 Å². The Balaban J connectivity index is 1.96. The number of hydrogen-bond acceptors (Lipinski definition) is 2. The van der Waals surface area contributed by atoms with Gasteiger partial charge in [0.05, 0.1) is 11.7 Å². The van der Waals surface area contributed by atoms with Crippen molar-refractivity contribution in [1.82, 2.24) is 5.32 Å². The van der Waals surface area contributed by atoms with Crippen molar-refractivity contribution in [3.8, 4) is 0 Å². The van der Waals surface area contributed by atoms with Crippen LogP contribution in [0.2, 0.25) is 0 Å². The Hall–Kier alpha value is -1.55. The molecule has 0 bridgehead atoms. The summed E-state index contributed by atoms with van der Waals surface area (Å²) in [6.45, 7) is 4.27. The van der Waals surface area contributed by atoms with Crippen LogP contribution < -0.4 is 10.6 Å². The van der Waals surface area contributed by atoms with Gasteiger partial charge in [0.2, 0.25) is 0 Å². The number of aryl methyl sites for hydroxylation is 1. The highest BCUT2D eigenvalue weighted by atomic mass is 16.6. The fourth-order valence-electron chi connectivity index (χ4n) is 3.15. The summed E-state index contributed by atoms with van der Waals surface area (Å²) in [4.78, 5) is 11.5. The number of carbonyl (C=O) groups is 1. The van der Waals surface area contributed by atoms with Crippen molar-refractivity contribution < 1.29 is 9.53 Å². The van der Waals surface area contributed by atoms with Gasteiger partial charge >= 0.3 is 6.03 Å². The van der Waals surface area contributed by atoms with E-state index in [1.807, 2.05) is 6.07 Å². The maximum atomic E-state index is 11.5. The number of benzene rings is 1. The average molecular weight is 260 g/mol. The van der Waals surface area contributed by atoms with Crippen LogP contribution in [0.25, 0.3) is 0 Å². The van der Waals surface area contributed by atoms with Crippen LogP contribution in [0.15, 0.2) is 12.1 Å². The lowest BCUT2D eigenvalue weighted by atomic mass is 9.79. The van der Waals surface area contributed by atoms with Crippen molar-refractivity contribution in [3.63, 3.8) is 0 Å². The summed E-state index contributed by atoms with van der Waals surface area (Å²) in [5.41, 5.74) is 4.88. The van der Waals surface area contributed by atoms with Crippen LogP contribution in [0.1, 0.15) is 30.0 Å². The third kappa shape index (κ3) is 2.00. The summed E-state index contributed by atoms with van der Waals surface area (Å²) < 4.78 is 5.80. The standard InChI is InChI=1S/C15H20N2O2/c1-9-4-5-13(17-14(18)16-3)12-8-15(10(2)19-15)7-6-11(9)12/h4-5,10H,6-8H2,1-3H3,(H2,16,17,18). The second kappa shape index (κ2) is 4.23. The van der Waals surface area contributed by atoms with Crippen molar-refractivity contribution in [1.29, 1.82) is 0 Å². The molecule has 1 aliphatic carbocycles. The minimum atomic E-state index is -0.171. The maximum absolute atomic E-state index is 11.5. The molecule has 2 atom stereocenters. The topological polar surface area (TPSA) is 53.7 Å². The zero-order chi connectivity index (χ0) is 13.6. The van der Waals surface area contributed by atoms with Crippen molar-refractivity contribution in [2.45, 2.75) is 44.8 Å². The first-order valence-electron chi connectivity index (χ1n) is 6.83. The van der Waals surface area contributed by atoms with Gasteiger partial charge < -0.3 is 15.4 Å². The Bertz CT molecular complexity index is 541. The Labute approximate surface area is 113 Å². The molecule has 1 fully saturated rings. The molecule has 0 saturated carbocycles. The molecule has 4 nitrogen and oxygen atoms in total. The van der Waals surface area contributed by atoms with Gasteiger partial charge in [-0.2, -0.15) is 0 Å². The molecular weight excluding hydrogens is 240 g/mol. The molecule has 1 heterocycles. The van der Waals surface area contributed by atoms with Crippen LogP contribution in [-0.2, 0) is 17.6 Å². The molecule has 2 aliphatic rings. The third-order valence-corrected chi connectivity index (χ3v) is 4.51. The number of anilines is 1. The molecular formula is C15H20N2O2. The molecule has 4 heteroatoms. The predicted molar refractivity (Wildman–Crippen MR) is 74.6 cm³/mol. The largest absolute Gasteiger partial charge is 0.366 e. The first-order chi connectivity index (χ1) is 9.05. The number of epoxide rings is 1. The molecule has 1 aliphatic heterocycles. The molecule has 1 spiro atoms. The van der Waals surface area contributed by atoms with Gasteiger partial charge in [0.15, 0.2) is 0 Å². The summed E-state index contributed by atoms with van der Waals surface area (Å²) in [6, 6.07) is 3.91. The zero-order valence-electron chi connectivity index (χ0n) is 11.7. The SMILES string of the molecule is CNC(=O)Nc1ccc(C)c2c1CC1(CC2)OC1C. The summed E-state index contributed by atoms with van der Waals surface area (Å²) in [7, 11) is 1.63. The van der Waals surface area contributed by atoms with Crippen molar-refractivity contribution in [3.05, 3.63) is 28.8 Å². The molecule has 1 aromatic rings. The second-order valence-corrected chi connectivity index (χ2v) is 5.59. The monoisotopic (exact) mass is 260 g/mol. The predicted octanol–water partition coefficient (Wildman–Crippen LogP) is 2.39. The quantitative estimate of drug-likeness (QED) is 0.762. The number of amides is 2. The summed E-state index contributed by atoms with van der Waals surface area (Å²) in [6.07, 6.45) is 3.37. The average Bonchev–Trinajstić information content (AvgIpc) is 3.01. The van der Waals surface area contributed by atoms with Crippen LogP contribution in [-0.4, -0.2) is 24.8 Å². The van der Waals surface area contributed by atoms with Gasteiger partial charge in [-0.25, -0.2) is 4.79 Å². The normalized spacial score (nSPS) is 27.8. The van der Waals surface area contributed by atoms with E-state index in [1.165, 1.54) is 16.7 Å². The number of ether oxygens (including phenoxy) is 1. The van der Waals surface area contributed by atoms with Gasteiger partial charge in [-0.3, -0.25) is 0 Å². The fourth-order valence-corrected chi connectivity index (χ4v) is 3.15. The van der Waals surface area contributed by atoms with E-state index in [4.69, 9.17) is 4.74 Å². The van der Waals surface area contributed by atoms with E-state index in [0.717, 1.165) is 24.9 Å². The first kappa shape index (κ1) is 12.5. The number of hydrogen-bond donors (Lipinski definition) is 2. The third-order valence-electron chi connectivity index (χ3n) is 4.51. The number of fused-ring (bicyclic) bond motifs is 1. The fraction of sp³-hybridized carbons (Fsp3) is 0.533. The van der Waals surface area contributed by atoms with Gasteiger partial charge in [-0.05, 0) is 49.4 Å². The Morgan fingerprint density at radius 2 is 2.16 bits per heavy atom. The molecule has 3 rings (SSSR count). The highest BCUT2D eigenvalue weighted by Crippen LogP contribution is 2.48. The summed E-state index contributed by atoms with van der Waals surface area (Å²) in [5, 5.41) is 5.52. The van der Waals surface area contributed by atoms with Crippen molar-refractivity contribution >= 4 is 11.7 Å². The molecule has 2 unspecified atom stereocenters. The summed E-state index contributed by atoms with van der Waals surface area (Å²) >= 11 is 0. The van der Waals surface area contributed by atoms with Gasteiger partial charge in [-0.15, -0.1) is 0 Å². The molecule has 0 aromatic heterocycles. The lowest BCUT2D eigenvalue weighted by molar-refractivity contribution is 0.253. The zero-order valence-corrected chi connectivity index (χ0v) is 11.7.